The molecule has 1 aliphatic rings. The molecule has 1 fully saturated rings. The van der Waals surface area contributed by atoms with Crippen LogP contribution in [0.2, 0.25) is 0 Å². The van der Waals surface area contributed by atoms with Gasteiger partial charge in [-0.3, -0.25) is 4.79 Å². The lowest BCUT2D eigenvalue weighted by Crippen LogP contribution is -2.49. The summed E-state index contributed by atoms with van der Waals surface area (Å²) in [4.78, 5) is 32.3. The SMILES string of the molecule is CCOc1ccc(-c2ccnc(N3CCN(C(=O)c4cccnc4Sc4ccc(C)cc4)CC3)n2)cc1. The molecule has 8 heteroatoms. The Kier molecular flexibility index (Phi) is 7.65. The summed E-state index contributed by atoms with van der Waals surface area (Å²) in [6.45, 7) is 7.19. The maximum Gasteiger partial charge on any atom is 0.256 e. The number of ether oxygens (including phenoxy) is 1. The van der Waals surface area contributed by atoms with Gasteiger partial charge in [0.2, 0.25) is 5.95 Å². The highest BCUT2D eigenvalue weighted by atomic mass is 32.2. The van der Waals surface area contributed by atoms with Gasteiger partial charge in [-0.15, -0.1) is 0 Å². The van der Waals surface area contributed by atoms with Gasteiger partial charge < -0.3 is 14.5 Å². The molecule has 0 spiro atoms. The Balaban J connectivity index is 1.25. The summed E-state index contributed by atoms with van der Waals surface area (Å²) in [6, 6.07) is 21.8. The van der Waals surface area contributed by atoms with Crippen molar-refractivity contribution in [1.82, 2.24) is 19.9 Å². The zero-order valence-corrected chi connectivity index (χ0v) is 21.8. The van der Waals surface area contributed by atoms with Gasteiger partial charge >= 0.3 is 0 Å². The molecule has 0 radical (unpaired) electrons. The molecule has 2 aromatic heterocycles. The second kappa shape index (κ2) is 11.4. The molecule has 0 bridgehead atoms. The van der Waals surface area contributed by atoms with Crippen LogP contribution in [0.4, 0.5) is 5.95 Å². The molecule has 0 saturated carbocycles. The van der Waals surface area contributed by atoms with Crippen LogP contribution in [0, 0.1) is 6.92 Å². The van der Waals surface area contributed by atoms with Crippen LogP contribution in [0.3, 0.4) is 0 Å². The first-order valence-corrected chi connectivity index (χ1v) is 13.2. The fourth-order valence-electron chi connectivity index (χ4n) is 4.18. The average molecular weight is 512 g/mol. The number of anilines is 1. The van der Waals surface area contributed by atoms with E-state index in [1.165, 1.54) is 17.3 Å². The Morgan fingerprint density at radius 1 is 0.919 bits per heavy atom. The molecule has 1 aliphatic heterocycles. The molecule has 0 atom stereocenters. The first kappa shape index (κ1) is 24.8. The van der Waals surface area contributed by atoms with Crippen LogP contribution < -0.4 is 9.64 Å². The van der Waals surface area contributed by atoms with E-state index in [9.17, 15) is 4.79 Å². The van der Waals surface area contributed by atoms with Crippen LogP contribution in [0.5, 0.6) is 5.75 Å². The summed E-state index contributed by atoms with van der Waals surface area (Å²) >= 11 is 1.52. The third-order valence-corrected chi connectivity index (χ3v) is 7.22. The van der Waals surface area contributed by atoms with Gasteiger partial charge in [0.1, 0.15) is 10.8 Å². The quantitative estimate of drug-likeness (QED) is 0.331. The molecule has 7 nitrogen and oxygen atoms in total. The van der Waals surface area contributed by atoms with Crippen LogP contribution in [0.1, 0.15) is 22.8 Å². The third kappa shape index (κ3) is 5.91. The number of nitrogens with zero attached hydrogens (tertiary/aromatic N) is 5. The van der Waals surface area contributed by atoms with Crippen molar-refractivity contribution < 1.29 is 9.53 Å². The number of hydrogen-bond donors (Lipinski definition) is 0. The molecule has 0 N–H and O–H groups in total. The Morgan fingerprint density at radius 3 is 2.41 bits per heavy atom. The molecule has 1 saturated heterocycles. The maximum atomic E-state index is 13.4. The number of aryl methyl sites for hydroxylation is 1. The zero-order chi connectivity index (χ0) is 25.6. The van der Waals surface area contributed by atoms with Gasteiger partial charge in [-0.05, 0) is 68.4 Å². The maximum absolute atomic E-state index is 13.4. The number of pyridine rings is 1. The molecule has 3 heterocycles. The predicted octanol–water partition coefficient (Wildman–Crippen LogP) is 5.36. The molecular weight excluding hydrogens is 482 g/mol. The fraction of sp³-hybridized carbons (Fsp3) is 0.241. The normalized spacial score (nSPS) is 13.5. The van der Waals surface area contributed by atoms with Crippen LogP contribution in [-0.2, 0) is 0 Å². The van der Waals surface area contributed by atoms with E-state index in [0.29, 0.717) is 44.3 Å². The van der Waals surface area contributed by atoms with Gasteiger partial charge in [0.25, 0.3) is 5.91 Å². The van der Waals surface area contributed by atoms with Gasteiger partial charge in [0.15, 0.2) is 0 Å². The minimum absolute atomic E-state index is 0.00594. The van der Waals surface area contributed by atoms with E-state index in [-0.39, 0.29) is 5.91 Å². The van der Waals surface area contributed by atoms with Crippen molar-refractivity contribution in [3.63, 3.8) is 0 Å². The number of rotatable bonds is 7. The minimum atomic E-state index is 0.00594. The van der Waals surface area contributed by atoms with Crippen molar-refractivity contribution in [3.05, 3.63) is 90.3 Å². The van der Waals surface area contributed by atoms with E-state index in [1.54, 1.807) is 12.4 Å². The number of aromatic nitrogens is 3. The number of benzene rings is 2. The van der Waals surface area contributed by atoms with E-state index in [4.69, 9.17) is 9.72 Å². The Labute approximate surface area is 221 Å². The van der Waals surface area contributed by atoms with Crippen LogP contribution >= 0.6 is 11.8 Å². The van der Waals surface area contributed by atoms with Crippen molar-refractivity contribution >= 4 is 23.6 Å². The summed E-state index contributed by atoms with van der Waals surface area (Å²) < 4.78 is 5.54. The van der Waals surface area contributed by atoms with Gasteiger partial charge in [0, 0.05) is 49.0 Å². The van der Waals surface area contributed by atoms with Gasteiger partial charge in [0.05, 0.1) is 17.9 Å². The predicted molar refractivity (Wildman–Crippen MR) is 146 cm³/mol. The highest BCUT2D eigenvalue weighted by molar-refractivity contribution is 7.99. The molecule has 188 valence electrons. The average Bonchev–Trinajstić information content (AvgIpc) is 2.95. The summed E-state index contributed by atoms with van der Waals surface area (Å²) in [5.41, 5.74) is 3.71. The van der Waals surface area contributed by atoms with Crippen molar-refractivity contribution in [1.29, 1.82) is 0 Å². The van der Waals surface area contributed by atoms with Gasteiger partial charge in [-0.25, -0.2) is 15.0 Å². The summed E-state index contributed by atoms with van der Waals surface area (Å²) in [5, 5.41) is 0.727. The lowest BCUT2D eigenvalue weighted by molar-refractivity contribution is 0.0742. The van der Waals surface area contributed by atoms with Crippen LogP contribution in [-0.4, -0.2) is 58.5 Å². The van der Waals surface area contributed by atoms with Gasteiger partial charge in [-0.1, -0.05) is 29.5 Å². The topological polar surface area (TPSA) is 71.5 Å². The number of piperazine rings is 1. The van der Waals surface area contributed by atoms with Crippen molar-refractivity contribution in [2.45, 2.75) is 23.8 Å². The summed E-state index contributed by atoms with van der Waals surface area (Å²) in [6.07, 6.45) is 3.52. The van der Waals surface area contributed by atoms with E-state index < -0.39 is 0 Å². The molecule has 37 heavy (non-hydrogen) atoms. The Hall–Kier alpha value is -3.91. The molecule has 4 aromatic rings. The number of amides is 1. The van der Waals surface area contributed by atoms with Crippen molar-refractivity contribution in [3.8, 4) is 17.0 Å². The minimum Gasteiger partial charge on any atom is -0.494 e. The van der Waals surface area contributed by atoms with Crippen molar-refractivity contribution in [2.24, 2.45) is 0 Å². The molecule has 5 rings (SSSR count). The number of carbonyl (C=O) groups is 1. The van der Waals surface area contributed by atoms with Crippen LogP contribution in [0.25, 0.3) is 11.3 Å². The standard InChI is InChI=1S/C29H29N5O2S/c1-3-36-23-10-8-22(9-11-23)26-14-16-31-29(32-26)34-19-17-33(18-20-34)28(35)25-5-4-15-30-27(25)37-24-12-6-21(2)7-13-24/h4-16H,3,17-20H2,1-2H3. The highest BCUT2D eigenvalue weighted by Crippen LogP contribution is 2.30. The van der Waals surface area contributed by atoms with Gasteiger partial charge in [-0.2, -0.15) is 0 Å². The second-order valence-electron chi connectivity index (χ2n) is 8.75. The Bertz CT molecular complexity index is 1350. The second-order valence-corrected chi connectivity index (χ2v) is 9.81. The van der Waals surface area contributed by atoms with E-state index in [2.05, 4.69) is 46.1 Å². The fourth-order valence-corrected chi connectivity index (χ4v) is 5.06. The number of hydrogen-bond acceptors (Lipinski definition) is 7. The summed E-state index contributed by atoms with van der Waals surface area (Å²) in [7, 11) is 0. The molecule has 1 amide bonds. The van der Waals surface area contributed by atoms with Crippen LogP contribution in [0.15, 0.2) is 89.0 Å². The Morgan fingerprint density at radius 2 is 1.68 bits per heavy atom. The largest absolute Gasteiger partial charge is 0.494 e. The lowest BCUT2D eigenvalue weighted by Gasteiger charge is -2.35. The number of carbonyl (C=O) groups excluding carboxylic acids is 1. The highest BCUT2D eigenvalue weighted by Gasteiger charge is 2.25. The van der Waals surface area contributed by atoms with E-state index >= 15 is 0 Å². The monoisotopic (exact) mass is 511 g/mol. The first-order valence-electron chi connectivity index (χ1n) is 12.4. The van der Waals surface area contributed by atoms with E-state index in [0.717, 1.165) is 26.9 Å². The third-order valence-electron chi connectivity index (χ3n) is 6.19. The van der Waals surface area contributed by atoms with Crippen molar-refractivity contribution in [2.75, 3.05) is 37.7 Å². The molecule has 0 unspecified atom stereocenters. The molecular formula is C29H29N5O2S. The lowest BCUT2D eigenvalue weighted by atomic mass is 10.1. The van der Waals surface area contributed by atoms with E-state index in [1.807, 2.05) is 54.3 Å². The molecule has 0 aliphatic carbocycles. The summed E-state index contributed by atoms with van der Waals surface area (Å²) in [5.74, 6) is 1.53. The smallest absolute Gasteiger partial charge is 0.256 e. The molecule has 2 aromatic carbocycles. The first-order chi connectivity index (χ1) is 18.1. The zero-order valence-electron chi connectivity index (χ0n) is 21.0.